The molecule has 1 heterocycles. The normalized spacial score (nSPS) is 15.3. The molecule has 30 heavy (non-hydrogen) atoms. The third-order valence-corrected chi connectivity index (χ3v) is 5.29. The lowest BCUT2D eigenvalue weighted by atomic mass is 9.90. The molecule has 3 N–H and O–H groups in total. The molecule has 0 radical (unpaired) electrons. The van der Waals surface area contributed by atoms with Crippen molar-refractivity contribution in [3.63, 3.8) is 0 Å². The van der Waals surface area contributed by atoms with Gasteiger partial charge < -0.3 is 20.7 Å². The van der Waals surface area contributed by atoms with Crippen LogP contribution in [0, 0.1) is 5.92 Å². The second-order valence-corrected chi connectivity index (χ2v) is 7.58. The topological polar surface area (TPSA) is 102 Å². The molecular weight excluding hydrogens is 382 g/mol. The van der Waals surface area contributed by atoms with Crippen molar-refractivity contribution >= 4 is 23.6 Å². The Labute approximate surface area is 176 Å². The van der Waals surface area contributed by atoms with Crippen LogP contribution in [0.4, 0.5) is 10.5 Å². The molecule has 1 aliphatic rings. The van der Waals surface area contributed by atoms with Gasteiger partial charge in [-0.1, -0.05) is 36.4 Å². The highest BCUT2D eigenvalue weighted by Crippen LogP contribution is 2.22. The average Bonchev–Trinajstić information content (AvgIpc) is 2.74. The molecule has 2 aromatic carbocycles. The van der Waals surface area contributed by atoms with E-state index < -0.39 is 18.1 Å². The van der Waals surface area contributed by atoms with Gasteiger partial charge in [0.25, 0.3) is 5.91 Å². The standard InChI is InChI=1S/C23H27N3O4/c1-16(30-22(28)19-8-5-9-20(15-19)25-23(24)29)21(27)26-12-10-18(11-13-26)14-17-6-3-2-4-7-17/h2-9,15-16,18H,10-14H2,1H3,(H3,24,25,29)/t16-/m0/s1. The number of urea groups is 1. The molecule has 1 aliphatic heterocycles. The van der Waals surface area contributed by atoms with Gasteiger partial charge in [-0.2, -0.15) is 0 Å². The Hall–Kier alpha value is -3.35. The maximum absolute atomic E-state index is 12.7. The number of carbonyl (C=O) groups excluding carboxylic acids is 3. The van der Waals surface area contributed by atoms with E-state index in [9.17, 15) is 14.4 Å². The van der Waals surface area contributed by atoms with Gasteiger partial charge in [-0.15, -0.1) is 0 Å². The second-order valence-electron chi connectivity index (χ2n) is 7.58. The van der Waals surface area contributed by atoms with Gasteiger partial charge in [0.2, 0.25) is 0 Å². The highest BCUT2D eigenvalue weighted by Gasteiger charge is 2.28. The van der Waals surface area contributed by atoms with E-state index in [1.54, 1.807) is 30.0 Å². The van der Waals surface area contributed by atoms with Crippen LogP contribution < -0.4 is 11.1 Å². The summed E-state index contributed by atoms with van der Waals surface area (Å²) in [6.07, 6.45) is 2.00. The number of hydrogen-bond donors (Lipinski definition) is 2. The molecule has 0 saturated carbocycles. The van der Waals surface area contributed by atoms with E-state index in [-0.39, 0.29) is 11.5 Å². The number of primary amides is 1. The Balaban J connectivity index is 1.50. The van der Waals surface area contributed by atoms with Gasteiger partial charge in [-0.05, 0) is 55.9 Å². The fourth-order valence-electron chi connectivity index (χ4n) is 3.71. The molecule has 2 aromatic rings. The lowest BCUT2D eigenvalue weighted by molar-refractivity contribution is -0.141. The van der Waals surface area contributed by atoms with Gasteiger partial charge in [0.05, 0.1) is 5.56 Å². The summed E-state index contributed by atoms with van der Waals surface area (Å²) >= 11 is 0. The number of piperidine rings is 1. The molecule has 1 atom stereocenters. The van der Waals surface area contributed by atoms with Crippen molar-refractivity contribution in [2.45, 2.75) is 32.3 Å². The van der Waals surface area contributed by atoms with Crippen LogP contribution in [0.2, 0.25) is 0 Å². The van der Waals surface area contributed by atoms with Crippen molar-refractivity contribution in [1.29, 1.82) is 0 Å². The SMILES string of the molecule is C[C@H](OC(=O)c1cccc(NC(N)=O)c1)C(=O)N1CCC(Cc2ccccc2)CC1. The number of likely N-dealkylation sites (tertiary alicyclic amines) is 1. The number of rotatable bonds is 6. The Morgan fingerprint density at radius 2 is 1.80 bits per heavy atom. The van der Waals surface area contributed by atoms with Crippen molar-refractivity contribution in [3.05, 3.63) is 65.7 Å². The summed E-state index contributed by atoms with van der Waals surface area (Å²) in [4.78, 5) is 37.8. The minimum atomic E-state index is -0.879. The molecule has 0 unspecified atom stereocenters. The number of nitrogens with two attached hydrogens (primary N) is 1. The molecule has 3 rings (SSSR count). The maximum atomic E-state index is 12.7. The lowest BCUT2D eigenvalue weighted by Crippen LogP contribution is -2.44. The molecule has 0 bridgehead atoms. The van der Waals surface area contributed by atoms with E-state index >= 15 is 0 Å². The third-order valence-electron chi connectivity index (χ3n) is 5.29. The molecule has 158 valence electrons. The van der Waals surface area contributed by atoms with Crippen molar-refractivity contribution in [1.82, 2.24) is 4.90 Å². The first-order valence-corrected chi connectivity index (χ1v) is 10.1. The smallest absolute Gasteiger partial charge is 0.338 e. The molecule has 0 aromatic heterocycles. The molecule has 1 saturated heterocycles. The van der Waals surface area contributed by atoms with E-state index in [1.165, 1.54) is 11.6 Å². The molecule has 1 fully saturated rings. The Morgan fingerprint density at radius 1 is 1.10 bits per heavy atom. The first-order chi connectivity index (χ1) is 14.4. The molecule has 3 amide bonds. The van der Waals surface area contributed by atoms with Gasteiger partial charge in [0.1, 0.15) is 0 Å². The van der Waals surface area contributed by atoms with Gasteiger partial charge in [0, 0.05) is 18.8 Å². The number of esters is 1. The summed E-state index contributed by atoms with van der Waals surface area (Å²) in [7, 11) is 0. The highest BCUT2D eigenvalue weighted by atomic mass is 16.5. The zero-order valence-electron chi connectivity index (χ0n) is 17.0. The van der Waals surface area contributed by atoms with Gasteiger partial charge >= 0.3 is 12.0 Å². The first kappa shape index (κ1) is 21.4. The number of amides is 3. The van der Waals surface area contributed by atoms with Crippen LogP contribution in [0.5, 0.6) is 0 Å². The average molecular weight is 409 g/mol. The van der Waals surface area contributed by atoms with Crippen molar-refractivity contribution < 1.29 is 19.1 Å². The summed E-state index contributed by atoms with van der Waals surface area (Å²) in [5, 5.41) is 2.41. The van der Waals surface area contributed by atoms with Gasteiger partial charge in [-0.3, -0.25) is 4.79 Å². The van der Waals surface area contributed by atoms with Crippen LogP contribution in [-0.2, 0) is 16.0 Å². The van der Waals surface area contributed by atoms with Crippen molar-refractivity contribution in [3.8, 4) is 0 Å². The fraction of sp³-hybridized carbons (Fsp3) is 0.348. The summed E-state index contributed by atoms with van der Waals surface area (Å²) in [5.41, 5.74) is 7.03. The lowest BCUT2D eigenvalue weighted by Gasteiger charge is -2.33. The first-order valence-electron chi connectivity index (χ1n) is 10.1. The highest BCUT2D eigenvalue weighted by molar-refractivity contribution is 5.95. The minimum absolute atomic E-state index is 0.187. The fourth-order valence-corrected chi connectivity index (χ4v) is 3.71. The van der Waals surface area contributed by atoms with Crippen LogP contribution in [0.25, 0.3) is 0 Å². The minimum Gasteiger partial charge on any atom is -0.449 e. The Kier molecular flexibility index (Phi) is 7.06. The quantitative estimate of drug-likeness (QED) is 0.715. The maximum Gasteiger partial charge on any atom is 0.338 e. The van der Waals surface area contributed by atoms with Crippen LogP contribution in [-0.4, -0.2) is 42.0 Å². The summed E-state index contributed by atoms with van der Waals surface area (Å²) in [5.74, 6) is -0.259. The van der Waals surface area contributed by atoms with E-state index in [0.29, 0.717) is 24.7 Å². The number of nitrogens with zero attached hydrogens (tertiary/aromatic N) is 1. The van der Waals surface area contributed by atoms with Crippen LogP contribution in [0.15, 0.2) is 54.6 Å². The number of carbonyl (C=O) groups is 3. The number of nitrogens with one attached hydrogen (secondary N) is 1. The Bertz CT molecular complexity index is 892. The van der Waals surface area contributed by atoms with E-state index in [0.717, 1.165) is 19.3 Å². The zero-order chi connectivity index (χ0) is 21.5. The predicted molar refractivity (Wildman–Crippen MR) is 114 cm³/mol. The van der Waals surface area contributed by atoms with Crippen LogP contribution >= 0.6 is 0 Å². The Morgan fingerprint density at radius 3 is 2.47 bits per heavy atom. The van der Waals surface area contributed by atoms with E-state index in [1.807, 2.05) is 18.2 Å². The van der Waals surface area contributed by atoms with Crippen LogP contribution in [0.1, 0.15) is 35.7 Å². The van der Waals surface area contributed by atoms with E-state index in [4.69, 9.17) is 10.5 Å². The number of hydrogen-bond acceptors (Lipinski definition) is 4. The third kappa shape index (κ3) is 5.83. The van der Waals surface area contributed by atoms with Gasteiger partial charge in [-0.25, -0.2) is 9.59 Å². The molecule has 7 nitrogen and oxygen atoms in total. The van der Waals surface area contributed by atoms with Crippen LogP contribution in [0.3, 0.4) is 0 Å². The molecule has 0 aliphatic carbocycles. The largest absolute Gasteiger partial charge is 0.449 e. The number of benzene rings is 2. The van der Waals surface area contributed by atoms with Gasteiger partial charge in [0.15, 0.2) is 6.10 Å². The summed E-state index contributed by atoms with van der Waals surface area (Å²) in [6, 6.07) is 15.9. The molecule has 0 spiro atoms. The zero-order valence-corrected chi connectivity index (χ0v) is 17.0. The van der Waals surface area contributed by atoms with E-state index in [2.05, 4.69) is 17.4 Å². The molecular formula is C23H27N3O4. The number of anilines is 1. The number of ether oxygens (including phenoxy) is 1. The second kappa shape index (κ2) is 9.91. The monoisotopic (exact) mass is 409 g/mol. The van der Waals surface area contributed by atoms with Crippen molar-refractivity contribution in [2.24, 2.45) is 11.7 Å². The predicted octanol–water partition coefficient (Wildman–Crippen LogP) is 3.20. The summed E-state index contributed by atoms with van der Waals surface area (Å²) < 4.78 is 5.36. The van der Waals surface area contributed by atoms with Crippen molar-refractivity contribution in [2.75, 3.05) is 18.4 Å². The summed E-state index contributed by atoms with van der Waals surface area (Å²) in [6.45, 7) is 2.91. The molecule has 7 heteroatoms.